The van der Waals surface area contributed by atoms with E-state index in [1.165, 1.54) is 43.3 Å². The third kappa shape index (κ3) is 4.53. The first-order valence-corrected chi connectivity index (χ1v) is 11.8. The van der Waals surface area contributed by atoms with Crippen molar-refractivity contribution in [1.82, 2.24) is 0 Å². The van der Waals surface area contributed by atoms with Gasteiger partial charge in [-0.3, -0.25) is 14.0 Å². The van der Waals surface area contributed by atoms with Crippen molar-refractivity contribution in [2.45, 2.75) is 4.90 Å². The van der Waals surface area contributed by atoms with E-state index in [2.05, 4.69) is 5.32 Å². The van der Waals surface area contributed by atoms with Crippen molar-refractivity contribution >= 4 is 39.1 Å². The van der Waals surface area contributed by atoms with E-state index >= 15 is 0 Å². The number of methoxy groups -OCH3 is 1. The van der Waals surface area contributed by atoms with Gasteiger partial charge in [0.2, 0.25) is 0 Å². The summed E-state index contributed by atoms with van der Waals surface area (Å²) in [7, 11) is -0.957. The highest BCUT2D eigenvalue weighted by Gasteiger charge is 2.27. The van der Waals surface area contributed by atoms with Crippen LogP contribution < -0.4 is 19.3 Å². The molecule has 0 unspecified atom stereocenters. The standard InChI is InChI=1S/C24H23N3O6S/c1-26(18-10-12-19(32-2)13-11-18)34(30,31)20-7-5-6-17(16-20)23(28)25-21-8-3-4-9-22(21)27-14-15-33-24(27)29/h3-13,16H,14-15H2,1-2H3,(H,25,28). The summed E-state index contributed by atoms with van der Waals surface area (Å²) in [6.45, 7) is 0.639. The van der Waals surface area contributed by atoms with Crippen molar-refractivity contribution in [2.24, 2.45) is 0 Å². The van der Waals surface area contributed by atoms with E-state index in [-0.39, 0.29) is 17.1 Å². The van der Waals surface area contributed by atoms with Crippen LogP contribution in [0.3, 0.4) is 0 Å². The van der Waals surface area contributed by atoms with Crippen molar-refractivity contribution in [1.29, 1.82) is 0 Å². The molecule has 1 aliphatic rings. The number of carbonyl (C=O) groups excluding carboxylic acids is 2. The predicted molar refractivity (Wildman–Crippen MR) is 128 cm³/mol. The Morgan fingerprint density at radius 1 is 1.06 bits per heavy atom. The highest BCUT2D eigenvalue weighted by Crippen LogP contribution is 2.29. The van der Waals surface area contributed by atoms with Gasteiger partial charge in [-0.1, -0.05) is 18.2 Å². The molecule has 2 amide bonds. The van der Waals surface area contributed by atoms with Gasteiger partial charge in [0.05, 0.1) is 35.6 Å². The third-order valence-corrected chi connectivity index (χ3v) is 7.18. The van der Waals surface area contributed by atoms with E-state index in [0.29, 0.717) is 29.4 Å². The smallest absolute Gasteiger partial charge is 0.414 e. The molecule has 0 radical (unpaired) electrons. The number of anilines is 3. The molecule has 0 bridgehead atoms. The molecular formula is C24H23N3O6S. The van der Waals surface area contributed by atoms with Crippen LogP contribution in [0.15, 0.2) is 77.7 Å². The molecule has 1 aliphatic heterocycles. The molecule has 1 fully saturated rings. The molecule has 3 aromatic rings. The number of cyclic esters (lactones) is 1. The molecule has 0 atom stereocenters. The zero-order valence-electron chi connectivity index (χ0n) is 18.6. The fourth-order valence-electron chi connectivity index (χ4n) is 3.51. The Morgan fingerprint density at radius 2 is 1.79 bits per heavy atom. The summed E-state index contributed by atoms with van der Waals surface area (Å²) in [5.74, 6) is 0.0971. The summed E-state index contributed by atoms with van der Waals surface area (Å²) in [5.41, 5.74) is 1.52. The maximum atomic E-state index is 13.2. The van der Waals surface area contributed by atoms with Gasteiger partial charge < -0.3 is 14.8 Å². The van der Waals surface area contributed by atoms with E-state index in [0.717, 1.165) is 4.31 Å². The number of ether oxygens (including phenoxy) is 2. The number of sulfonamides is 1. The van der Waals surface area contributed by atoms with Crippen molar-refractivity contribution < 1.29 is 27.5 Å². The van der Waals surface area contributed by atoms with Crippen molar-refractivity contribution in [3.05, 3.63) is 78.4 Å². The molecule has 1 heterocycles. The van der Waals surface area contributed by atoms with Gasteiger partial charge >= 0.3 is 6.09 Å². The summed E-state index contributed by atoms with van der Waals surface area (Å²) in [6.07, 6.45) is -0.489. The van der Waals surface area contributed by atoms with Crippen LogP contribution in [0.1, 0.15) is 10.4 Å². The zero-order valence-corrected chi connectivity index (χ0v) is 19.4. The Kier molecular flexibility index (Phi) is 6.42. The fraction of sp³-hybridized carbons (Fsp3) is 0.167. The molecule has 0 saturated carbocycles. The van der Waals surface area contributed by atoms with Crippen molar-refractivity contribution in [3.63, 3.8) is 0 Å². The van der Waals surface area contributed by atoms with Crippen LogP contribution in [-0.4, -0.2) is 47.7 Å². The van der Waals surface area contributed by atoms with Gasteiger partial charge in [-0.15, -0.1) is 0 Å². The normalized spacial score (nSPS) is 13.4. The number of amides is 2. The summed E-state index contributed by atoms with van der Waals surface area (Å²) < 4.78 is 37.6. The number of hydrogen-bond donors (Lipinski definition) is 1. The zero-order chi connectivity index (χ0) is 24.3. The third-order valence-electron chi connectivity index (χ3n) is 5.39. The van der Waals surface area contributed by atoms with E-state index in [1.807, 2.05) is 0 Å². The molecule has 176 valence electrons. The predicted octanol–water partition coefficient (Wildman–Crippen LogP) is 3.73. The van der Waals surface area contributed by atoms with Crippen LogP contribution in [0.5, 0.6) is 5.75 Å². The Labute approximate surface area is 197 Å². The molecule has 0 spiro atoms. The van der Waals surface area contributed by atoms with E-state index in [4.69, 9.17) is 9.47 Å². The van der Waals surface area contributed by atoms with Gasteiger partial charge in [0.1, 0.15) is 12.4 Å². The van der Waals surface area contributed by atoms with Crippen LogP contribution in [0.2, 0.25) is 0 Å². The molecule has 0 aromatic heterocycles. The lowest BCUT2D eigenvalue weighted by Crippen LogP contribution is -2.27. The number of nitrogens with one attached hydrogen (secondary N) is 1. The van der Waals surface area contributed by atoms with Crippen molar-refractivity contribution in [2.75, 3.05) is 41.8 Å². The van der Waals surface area contributed by atoms with E-state index in [1.54, 1.807) is 48.5 Å². The van der Waals surface area contributed by atoms with Crippen molar-refractivity contribution in [3.8, 4) is 5.75 Å². The van der Waals surface area contributed by atoms with Gasteiger partial charge in [-0.25, -0.2) is 13.2 Å². The number of nitrogens with zero attached hydrogens (tertiary/aromatic N) is 2. The lowest BCUT2D eigenvalue weighted by Gasteiger charge is -2.20. The van der Waals surface area contributed by atoms with E-state index < -0.39 is 22.0 Å². The average Bonchev–Trinajstić information content (AvgIpc) is 3.29. The summed E-state index contributed by atoms with van der Waals surface area (Å²) in [4.78, 5) is 26.3. The summed E-state index contributed by atoms with van der Waals surface area (Å²) >= 11 is 0. The minimum atomic E-state index is -3.93. The Balaban J connectivity index is 1.58. The average molecular weight is 482 g/mol. The molecular weight excluding hydrogens is 458 g/mol. The first kappa shape index (κ1) is 23.1. The first-order valence-electron chi connectivity index (χ1n) is 10.4. The van der Waals surface area contributed by atoms with Crippen LogP contribution >= 0.6 is 0 Å². The second-order valence-electron chi connectivity index (χ2n) is 7.44. The van der Waals surface area contributed by atoms with Gasteiger partial charge in [0.25, 0.3) is 15.9 Å². The van der Waals surface area contributed by atoms with Crippen LogP contribution in [0.25, 0.3) is 0 Å². The molecule has 10 heteroatoms. The number of carbonyl (C=O) groups is 2. The molecule has 3 aromatic carbocycles. The van der Waals surface area contributed by atoms with Gasteiger partial charge in [-0.05, 0) is 54.6 Å². The lowest BCUT2D eigenvalue weighted by atomic mass is 10.2. The highest BCUT2D eigenvalue weighted by atomic mass is 32.2. The van der Waals surface area contributed by atoms with Crippen LogP contribution in [-0.2, 0) is 14.8 Å². The van der Waals surface area contributed by atoms with E-state index in [9.17, 15) is 18.0 Å². The lowest BCUT2D eigenvalue weighted by molar-refractivity contribution is 0.102. The number of rotatable bonds is 7. The summed E-state index contributed by atoms with van der Waals surface area (Å²) in [6, 6.07) is 19.2. The quantitative estimate of drug-likeness (QED) is 0.551. The largest absolute Gasteiger partial charge is 0.497 e. The second kappa shape index (κ2) is 9.44. The monoisotopic (exact) mass is 481 g/mol. The molecule has 1 saturated heterocycles. The molecule has 9 nitrogen and oxygen atoms in total. The molecule has 0 aliphatic carbocycles. The van der Waals surface area contributed by atoms with Gasteiger partial charge in [0.15, 0.2) is 0 Å². The van der Waals surface area contributed by atoms with Gasteiger partial charge in [0, 0.05) is 12.6 Å². The maximum Gasteiger partial charge on any atom is 0.414 e. The summed E-state index contributed by atoms with van der Waals surface area (Å²) in [5, 5.41) is 2.77. The number of para-hydroxylation sites is 2. The minimum Gasteiger partial charge on any atom is -0.497 e. The Morgan fingerprint density at radius 3 is 2.47 bits per heavy atom. The molecule has 4 rings (SSSR count). The topological polar surface area (TPSA) is 105 Å². The Hall–Kier alpha value is -4.05. The maximum absolute atomic E-state index is 13.2. The number of hydrogen-bond acceptors (Lipinski definition) is 6. The number of benzene rings is 3. The fourth-order valence-corrected chi connectivity index (χ4v) is 4.75. The minimum absolute atomic E-state index is 0.0325. The SMILES string of the molecule is COc1ccc(N(C)S(=O)(=O)c2cccc(C(=O)Nc3ccccc3N3CCOC3=O)c2)cc1. The molecule has 1 N–H and O–H groups in total. The van der Waals surface area contributed by atoms with Crippen LogP contribution in [0.4, 0.5) is 21.9 Å². The highest BCUT2D eigenvalue weighted by molar-refractivity contribution is 7.92. The van der Waals surface area contributed by atoms with Crippen LogP contribution in [0, 0.1) is 0 Å². The first-order chi connectivity index (χ1) is 16.3. The Bertz CT molecular complexity index is 1320. The second-order valence-corrected chi connectivity index (χ2v) is 9.40. The molecule has 34 heavy (non-hydrogen) atoms. The van der Waals surface area contributed by atoms with Gasteiger partial charge in [-0.2, -0.15) is 0 Å².